The zero-order valence-corrected chi connectivity index (χ0v) is 20.1. The Hall–Kier alpha value is -2.97. The van der Waals surface area contributed by atoms with Crippen LogP contribution < -0.4 is 9.47 Å². The number of esters is 1. The Bertz CT molecular complexity index is 1080. The van der Waals surface area contributed by atoms with Crippen LogP contribution >= 0.6 is 23.4 Å². The van der Waals surface area contributed by atoms with Gasteiger partial charge in [0, 0.05) is 10.6 Å². The molecule has 1 saturated heterocycles. The number of imide groups is 1. The molecule has 1 fully saturated rings. The minimum absolute atomic E-state index is 0.213. The minimum atomic E-state index is -0.632. The van der Waals surface area contributed by atoms with Gasteiger partial charge in [-0.25, -0.2) is 0 Å². The summed E-state index contributed by atoms with van der Waals surface area (Å²) >= 11 is 6.97. The van der Waals surface area contributed by atoms with Crippen LogP contribution in [0.2, 0.25) is 5.02 Å². The van der Waals surface area contributed by atoms with Crippen molar-refractivity contribution < 1.29 is 28.6 Å². The van der Waals surface area contributed by atoms with E-state index in [4.69, 9.17) is 25.8 Å². The highest BCUT2D eigenvalue weighted by Gasteiger charge is 2.36. The van der Waals surface area contributed by atoms with Crippen molar-refractivity contribution in [3.63, 3.8) is 0 Å². The molecule has 3 rings (SSSR count). The monoisotopic (exact) mass is 489 g/mol. The predicted octanol–water partition coefficient (Wildman–Crippen LogP) is 5.31. The van der Waals surface area contributed by atoms with Gasteiger partial charge >= 0.3 is 5.97 Å². The van der Waals surface area contributed by atoms with E-state index >= 15 is 0 Å². The van der Waals surface area contributed by atoms with Gasteiger partial charge in [0.1, 0.15) is 13.2 Å². The highest BCUT2D eigenvalue weighted by atomic mass is 35.5. The van der Waals surface area contributed by atoms with E-state index in [0.717, 1.165) is 22.2 Å². The van der Waals surface area contributed by atoms with Crippen molar-refractivity contribution in [3.8, 4) is 11.5 Å². The molecule has 2 aromatic carbocycles. The number of thioether (sulfide) groups is 1. The Balaban J connectivity index is 1.75. The second-order valence-corrected chi connectivity index (χ2v) is 8.73. The highest BCUT2D eigenvalue weighted by Crippen LogP contribution is 2.35. The Labute approximate surface area is 201 Å². The molecule has 0 aliphatic carbocycles. The van der Waals surface area contributed by atoms with Crippen LogP contribution in [0.25, 0.3) is 6.08 Å². The molecule has 2 aromatic rings. The summed E-state index contributed by atoms with van der Waals surface area (Å²) in [5.74, 6) is -0.147. The molecule has 0 unspecified atom stereocenters. The first-order chi connectivity index (χ1) is 15.8. The van der Waals surface area contributed by atoms with Gasteiger partial charge in [-0.1, -0.05) is 35.9 Å². The number of amides is 2. The number of nitrogens with zero attached hydrogens (tertiary/aromatic N) is 1. The lowest BCUT2D eigenvalue weighted by atomic mass is 10.1. The Kier molecular flexibility index (Phi) is 8.41. The fourth-order valence-corrected chi connectivity index (χ4v) is 4.02. The summed E-state index contributed by atoms with van der Waals surface area (Å²) in [4.78, 5) is 37.9. The van der Waals surface area contributed by atoms with E-state index in [-0.39, 0.29) is 17.6 Å². The molecule has 1 aliphatic heterocycles. The van der Waals surface area contributed by atoms with Crippen LogP contribution in [-0.2, 0) is 20.9 Å². The maximum atomic E-state index is 12.7. The van der Waals surface area contributed by atoms with Crippen LogP contribution in [0.3, 0.4) is 0 Å². The van der Waals surface area contributed by atoms with Gasteiger partial charge in [0.2, 0.25) is 0 Å². The van der Waals surface area contributed by atoms with E-state index in [1.54, 1.807) is 44.2 Å². The van der Waals surface area contributed by atoms with Crippen LogP contribution in [0.4, 0.5) is 4.79 Å². The number of halogens is 1. The largest absolute Gasteiger partial charge is 0.490 e. The van der Waals surface area contributed by atoms with Crippen molar-refractivity contribution in [1.29, 1.82) is 0 Å². The van der Waals surface area contributed by atoms with Crippen LogP contribution in [0, 0.1) is 0 Å². The van der Waals surface area contributed by atoms with E-state index in [1.165, 1.54) is 0 Å². The van der Waals surface area contributed by atoms with Crippen molar-refractivity contribution in [3.05, 3.63) is 63.5 Å². The molecule has 33 heavy (non-hydrogen) atoms. The Morgan fingerprint density at radius 1 is 1.12 bits per heavy atom. The van der Waals surface area contributed by atoms with Crippen molar-refractivity contribution >= 4 is 46.6 Å². The maximum absolute atomic E-state index is 12.7. The van der Waals surface area contributed by atoms with Gasteiger partial charge in [0.05, 0.1) is 17.6 Å². The number of rotatable bonds is 9. The van der Waals surface area contributed by atoms with Crippen molar-refractivity contribution in [2.75, 3.05) is 13.2 Å². The number of carbonyl (C=O) groups excluding carboxylic acids is 3. The van der Waals surface area contributed by atoms with Crippen LogP contribution in [-0.4, -0.2) is 41.3 Å². The number of carbonyl (C=O) groups is 3. The van der Waals surface area contributed by atoms with Gasteiger partial charge in [-0.15, -0.1) is 0 Å². The first-order valence-corrected chi connectivity index (χ1v) is 11.6. The quantitative estimate of drug-likeness (QED) is 0.349. The molecule has 1 aliphatic rings. The summed E-state index contributed by atoms with van der Waals surface area (Å²) in [5, 5.41) is 0.0942. The summed E-state index contributed by atoms with van der Waals surface area (Å²) in [6.45, 7) is 5.52. The average Bonchev–Trinajstić information content (AvgIpc) is 3.01. The smallest absolute Gasteiger partial charge is 0.326 e. The topological polar surface area (TPSA) is 82.1 Å². The zero-order valence-electron chi connectivity index (χ0n) is 18.5. The summed E-state index contributed by atoms with van der Waals surface area (Å²) in [5.41, 5.74) is 1.49. The molecule has 0 radical (unpaired) electrons. The molecule has 0 atom stereocenters. The molecule has 0 spiro atoms. The van der Waals surface area contributed by atoms with Crippen LogP contribution in [0.5, 0.6) is 11.5 Å². The maximum Gasteiger partial charge on any atom is 0.326 e. The summed E-state index contributed by atoms with van der Waals surface area (Å²) in [6.07, 6.45) is 1.25. The van der Waals surface area contributed by atoms with Crippen molar-refractivity contribution in [2.24, 2.45) is 0 Å². The fraction of sp³-hybridized carbons (Fsp3) is 0.292. The van der Waals surface area contributed by atoms with Crippen molar-refractivity contribution in [2.45, 2.75) is 33.5 Å². The lowest BCUT2D eigenvalue weighted by Gasteiger charge is -2.14. The summed E-state index contributed by atoms with van der Waals surface area (Å²) < 4.78 is 16.6. The van der Waals surface area contributed by atoms with Gasteiger partial charge in [-0.05, 0) is 62.4 Å². The molecular weight excluding hydrogens is 466 g/mol. The molecule has 9 heteroatoms. The van der Waals surface area contributed by atoms with Gasteiger partial charge in [0.15, 0.2) is 11.5 Å². The van der Waals surface area contributed by atoms with E-state index < -0.39 is 23.7 Å². The van der Waals surface area contributed by atoms with Gasteiger partial charge in [-0.2, -0.15) is 0 Å². The molecule has 0 N–H and O–H groups in total. The van der Waals surface area contributed by atoms with E-state index in [1.807, 2.05) is 25.1 Å². The standard InChI is InChI=1S/C24H24ClNO6S/c1-4-30-20-11-16(9-10-19(20)31-14-17-7-5-6-8-18(17)25)12-21-23(28)26(24(29)33-21)13-22(27)32-15(2)3/h5-12,15H,4,13-14H2,1-3H3/b21-12+. The van der Waals surface area contributed by atoms with Crippen LogP contribution in [0.1, 0.15) is 31.9 Å². The molecule has 7 nitrogen and oxygen atoms in total. The first-order valence-electron chi connectivity index (χ1n) is 10.4. The summed E-state index contributed by atoms with van der Waals surface area (Å²) in [6, 6.07) is 12.6. The first kappa shape index (κ1) is 24.7. The highest BCUT2D eigenvalue weighted by molar-refractivity contribution is 8.18. The number of benzene rings is 2. The predicted molar refractivity (Wildman–Crippen MR) is 127 cm³/mol. The molecule has 2 amide bonds. The number of ether oxygens (including phenoxy) is 3. The number of hydrogen-bond donors (Lipinski definition) is 0. The van der Waals surface area contributed by atoms with Crippen LogP contribution in [0.15, 0.2) is 47.4 Å². The third-order valence-electron chi connectivity index (χ3n) is 4.43. The average molecular weight is 490 g/mol. The van der Waals surface area contributed by atoms with E-state index in [2.05, 4.69) is 0 Å². The lowest BCUT2D eigenvalue weighted by molar-refractivity contribution is -0.149. The molecule has 174 valence electrons. The molecule has 0 bridgehead atoms. The normalized spacial score (nSPS) is 14.8. The van der Waals surface area contributed by atoms with E-state index in [9.17, 15) is 14.4 Å². The lowest BCUT2D eigenvalue weighted by Crippen LogP contribution is -2.35. The second kappa shape index (κ2) is 11.2. The SMILES string of the molecule is CCOc1cc(/C=C2/SC(=O)N(CC(=O)OC(C)C)C2=O)ccc1OCc1ccccc1Cl. The van der Waals surface area contributed by atoms with Gasteiger partial charge in [-0.3, -0.25) is 19.3 Å². The minimum Gasteiger partial charge on any atom is -0.490 e. The second-order valence-electron chi connectivity index (χ2n) is 7.33. The molecule has 0 saturated carbocycles. The Morgan fingerprint density at radius 2 is 1.88 bits per heavy atom. The Morgan fingerprint density at radius 3 is 2.58 bits per heavy atom. The molecule has 0 aromatic heterocycles. The summed E-state index contributed by atoms with van der Waals surface area (Å²) in [7, 11) is 0. The zero-order chi connectivity index (χ0) is 24.0. The molecule has 1 heterocycles. The number of hydrogen-bond acceptors (Lipinski definition) is 7. The van der Waals surface area contributed by atoms with E-state index in [0.29, 0.717) is 28.7 Å². The van der Waals surface area contributed by atoms with Crippen molar-refractivity contribution in [1.82, 2.24) is 4.90 Å². The fourth-order valence-electron chi connectivity index (χ4n) is 2.99. The molecular formula is C24H24ClNO6S. The van der Waals surface area contributed by atoms with Gasteiger partial charge < -0.3 is 14.2 Å². The third-order valence-corrected chi connectivity index (χ3v) is 5.71. The third kappa shape index (κ3) is 6.52. The van der Waals surface area contributed by atoms with Gasteiger partial charge in [0.25, 0.3) is 11.1 Å².